The molecule has 156 valence electrons. The maximum Gasteiger partial charge on any atom is 0.344 e. The van der Waals surface area contributed by atoms with Gasteiger partial charge < -0.3 is 24.6 Å². The number of carboxylic acid groups (broad SMARTS) is 1. The summed E-state index contributed by atoms with van der Waals surface area (Å²) in [5, 5.41) is 21.3. The lowest BCUT2D eigenvalue weighted by molar-refractivity contribution is -0.144. The first-order valence-corrected chi connectivity index (χ1v) is 9.12. The van der Waals surface area contributed by atoms with E-state index in [2.05, 4.69) is 5.32 Å². The first kappa shape index (κ1) is 22.3. The molecule has 2 aromatic rings. The van der Waals surface area contributed by atoms with Gasteiger partial charge in [0.25, 0.3) is 5.91 Å². The van der Waals surface area contributed by atoms with Crippen LogP contribution < -0.4 is 19.5 Å². The largest absolute Gasteiger partial charge is 0.494 e. The van der Waals surface area contributed by atoms with E-state index in [4.69, 9.17) is 19.3 Å². The molecule has 0 aliphatic heterocycles. The second kappa shape index (κ2) is 10.5. The molecule has 0 saturated carbocycles. The van der Waals surface area contributed by atoms with Crippen molar-refractivity contribution in [1.29, 1.82) is 5.26 Å². The molecule has 0 unspecified atom stereocenters. The molecule has 0 heterocycles. The number of amides is 1. The molecule has 2 rings (SSSR count). The number of para-hydroxylation sites is 1. The van der Waals surface area contributed by atoms with Crippen LogP contribution in [0.4, 0.5) is 5.69 Å². The fourth-order valence-corrected chi connectivity index (χ4v) is 2.49. The summed E-state index contributed by atoms with van der Waals surface area (Å²) in [6, 6.07) is 13.5. The molecule has 0 aliphatic rings. The van der Waals surface area contributed by atoms with E-state index < -0.39 is 18.0 Å². The Hall–Kier alpha value is -3.99. The molecule has 0 aliphatic carbocycles. The summed E-state index contributed by atoms with van der Waals surface area (Å²) in [6.45, 7) is 3.69. The van der Waals surface area contributed by atoms with Crippen molar-refractivity contribution in [2.75, 3.05) is 19.0 Å². The second-order valence-electron chi connectivity index (χ2n) is 6.06. The summed E-state index contributed by atoms with van der Waals surface area (Å²) in [4.78, 5) is 23.8. The summed E-state index contributed by atoms with van der Waals surface area (Å²) in [7, 11) is 1.41. The van der Waals surface area contributed by atoms with E-state index in [-0.39, 0.29) is 17.1 Å². The number of nitriles is 1. The lowest BCUT2D eigenvalue weighted by atomic mass is 10.1. The molecule has 1 atom stereocenters. The predicted molar refractivity (Wildman–Crippen MR) is 111 cm³/mol. The number of carbonyl (C=O) groups is 2. The van der Waals surface area contributed by atoms with Gasteiger partial charge in [-0.3, -0.25) is 4.79 Å². The van der Waals surface area contributed by atoms with E-state index in [1.54, 1.807) is 42.5 Å². The van der Waals surface area contributed by atoms with Crippen LogP contribution in [0.2, 0.25) is 0 Å². The number of aliphatic carboxylic acids is 1. The third-order valence-electron chi connectivity index (χ3n) is 3.94. The number of hydrogen-bond acceptors (Lipinski definition) is 6. The minimum atomic E-state index is -1.16. The van der Waals surface area contributed by atoms with Gasteiger partial charge in [0.2, 0.25) is 0 Å². The van der Waals surface area contributed by atoms with Crippen LogP contribution in [0.25, 0.3) is 6.08 Å². The van der Waals surface area contributed by atoms with Gasteiger partial charge in [-0.25, -0.2) is 4.79 Å². The van der Waals surface area contributed by atoms with Crippen molar-refractivity contribution in [3.63, 3.8) is 0 Å². The van der Waals surface area contributed by atoms with E-state index in [9.17, 15) is 14.9 Å². The zero-order valence-corrected chi connectivity index (χ0v) is 16.8. The van der Waals surface area contributed by atoms with Gasteiger partial charge in [0.15, 0.2) is 17.6 Å². The summed E-state index contributed by atoms with van der Waals surface area (Å²) in [6.07, 6.45) is 0.155. The molecule has 0 fully saturated rings. The lowest BCUT2D eigenvalue weighted by Crippen LogP contribution is -2.23. The Morgan fingerprint density at radius 1 is 1.27 bits per heavy atom. The topological polar surface area (TPSA) is 118 Å². The number of hydrogen-bond donors (Lipinski definition) is 2. The lowest BCUT2D eigenvalue weighted by Gasteiger charge is -2.16. The number of methoxy groups -OCH3 is 1. The van der Waals surface area contributed by atoms with Gasteiger partial charge in [-0.1, -0.05) is 18.2 Å². The highest BCUT2D eigenvalue weighted by Gasteiger charge is 2.19. The van der Waals surface area contributed by atoms with E-state index in [0.29, 0.717) is 23.6 Å². The van der Waals surface area contributed by atoms with Crippen LogP contribution in [-0.4, -0.2) is 36.8 Å². The van der Waals surface area contributed by atoms with Crippen molar-refractivity contribution >= 4 is 23.6 Å². The molecular weight excluding hydrogens is 388 g/mol. The molecule has 8 heteroatoms. The van der Waals surface area contributed by atoms with Crippen molar-refractivity contribution in [2.24, 2.45) is 0 Å². The van der Waals surface area contributed by atoms with Crippen molar-refractivity contribution in [3.8, 4) is 23.3 Å². The number of nitrogens with one attached hydrogen (secondary N) is 1. The van der Waals surface area contributed by atoms with E-state index in [0.717, 1.165) is 0 Å². The summed E-state index contributed by atoms with van der Waals surface area (Å²) < 4.78 is 16.1. The molecule has 1 amide bonds. The normalized spacial score (nSPS) is 11.7. The minimum absolute atomic E-state index is 0.119. The van der Waals surface area contributed by atoms with Crippen LogP contribution in [0.1, 0.15) is 19.4 Å². The number of rotatable bonds is 9. The van der Waals surface area contributed by atoms with Crippen molar-refractivity contribution in [3.05, 3.63) is 53.6 Å². The predicted octanol–water partition coefficient (Wildman–Crippen LogP) is 3.49. The van der Waals surface area contributed by atoms with E-state index in [1.165, 1.54) is 20.1 Å². The minimum Gasteiger partial charge on any atom is -0.494 e. The van der Waals surface area contributed by atoms with Gasteiger partial charge in [0, 0.05) is 17.3 Å². The van der Waals surface area contributed by atoms with E-state index in [1.807, 2.05) is 13.0 Å². The molecule has 30 heavy (non-hydrogen) atoms. The maximum atomic E-state index is 12.6. The average Bonchev–Trinajstić information content (AvgIpc) is 2.73. The zero-order valence-electron chi connectivity index (χ0n) is 16.8. The van der Waals surface area contributed by atoms with Crippen LogP contribution >= 0.6 is 0 Å². The number of ether oxygens (including phenoxy) is 3. The molecule has 0 bridgehead atoms. The first-order valence-electron chi connectivity index (χ1n) is 9.12. The maximum absolute atomic E-state index is 12.6. The number of carbonyl (C=O) groups excluding carboxylic acids is 1. The number of anilines is 1. The average molecular weight is 410 g/mol. The van der Waals surface area contributed by atoms with Gasteiger partial charge in [0.1, 0.15) is 17.4 Å². The number of nitrogens with zero attached hydrogens (tertiary/aromatic N) is 1. The molecule has 2 aromatic carbocycles. The Bertz CT molecular complexity index is 993. The van der Waals surface area contributed by atoms with Gasteiger partial charge in [-0.2, -0.15) is 5.26 Å². The number of carboxylic acids is 1. The van der Waals surface area contributed by atoms with Crippen LogP contribution in [0.15, 0.2) is 48.0 Å². The summed E-state index contributed by atoms with van der Waals surface area (Å²) >= 11 is 0. The highest BCUT2D eigenvalue weighted by Crippen LogP contribution is 2.33. The van der Waals surface area contributed by atoms with Crippen LogP contribution in [-0.2, 0) is 9.59 Å². The third kappa shape index (κ3) is 5.75. The molecule has 2 N–H and O–H groups in total. The smallest absolute Gasteiger partial charge is 0.344 e. The Morgan fingerprint density at radius 3 is 2.63 bits per heavy atom. The Morgan fingerprint density at radius 2 is 2.00 bits per heavy atom. The quantitative estimate of drug-likeness (QED) is 0.480. The highest BCUT2D eigenvalue weighted by atomic mass is 16.5. The fourth-order valence-electron chi connectivity index (χ4n) is 2.49. The van der Waals surface area contributed by atoms with Crippen molar-refractivity contribution in [1.82, 2.24) is 0 Å². The molecule has 8 nitrogen and oxygen atoms in total. The summed E-state index contributed by atoms with van der Waals surface area (Å²) in [5.41, 5.74) is 0.601. The standard InChI is InChI=1S/C22H22N2O6/c1-4-29-18-9-6-8-17(12-18)24-21(25)16(13-23)11-15-7-5-10-19(28-3)20(15)30-14(2)22(26)27/h5-12,14H,4H2,1-3H3,(H,24,25)(H,26,27)/b16-11-/t14-/m0/s1. The molecular formula is C22H22N2O6. The van der Waals surface area contributed by atoms with E-state index >= 15 is 0 Å². The second-order valence-corrected chi connectivity index (χ2v) is 6.06. The SMILES string of the molecule is CCOc1cccc(NC(=O)/C(C#N)=C\c2cccc(OC)c2O[C@@H](C)C(=O)O)c1. The van der Waals surface area contributed by atoms with Gasteiger partial charge >= 0.3 is 5.97 Å². The Balaban J connectivity index is 2.35. The highest BCUT2D eigenvalue weighted by molar-refractivity contribution is 6.10. The van der Waals surface area contributed by atoms with Gasteiger partial charge in [0.05, 0.1) is 13.7 Å². The fraction of sp³-hybridized carbons (Fsp3) is 0.227. The Kier molecular flexibility index (Phi) is 7.82. The molecule has 0 spiro atoms. The van der Waals surface area contributed by atoms with Crippen molar-refractivity contribution in [2.45, 2.75) is 20.0 Å². The molecule has 0 aromatic heterocycles. The first-order chi connectivity index (χ1) is 14.4. The van der Waals surface area contributed by atoms with Crippen LogP contribution in [0, 0.1) is 11.3 Å². The zero-order chi connectivity index (χ0) is 22.1. The van der Waals surface area contributed by atoms with Gasteiger partial charge in [-0.15, -0.1) is 0 Å². The van der Waals surface area contributed by atoms with Crippen LogP contribution in [0.3, 0.4) is 0 Å². The molecule has 0 saturated heterocycles. The molecule has 0 radical (unpaired) electrons. The third-order valence-corrected chi connectivity index (χ3v) is 3.94. The monoisotopic (exact) mass is 410 g/mol. The summed E-state index contributed by atoms with van der Waals surface area (Å²) in [5.74, 6) is -0.814. The van der Waals surface area contributed by atoms with Crippen molar-refractivity contribution < 1.29 is 28.9 Å². The number of benzene rings is 2. The van der Waals surface area contributed by atoms with Gasteiger partial charge in [-0.05, 0) is 38.1 Å². The Labute approximate surface area is 174 Å². The van der Waals surface area contributed by atoms with Crippen LogP contribution in [0.5, 0.6) is 17.2 Å².